The van der Waals surface area contributed by atoms with Gasteiger partial charge in [0.2, 0.25) is 5.91 Å². The molecule has 0 bridgehead atoms. The molecule has 1 amide bonds. The lowest BCUT2D eigenvalue weighted by Gasteiger charge is -2.10. The van der Waals surface area contributed by atoms with E-state index in [1.165, 1.54) is 11.8 Å². The van der Waals surface area contributed by atoms with Crippen molar-refractivity contribution in [1.29, 1.82) is 0 Å². The van der Waals surface area contributed by atoms with E-state index in [4.69, 9.17) is 27.9 Å². The minimum Gasteiger partial charge on any atom is -0.497 e. The second-order valence-electron chi connectivity index (χ2n) is 6.31. The first-order chi connectivity index (χ1) is 15.0. The maximum absolute atomic E-state index is 12.5. The highest BCUT2D eigenvalue weighted by Crippen LogP contribution is 2.31. The summed E-state index contributed by atoms with van der Waals surface area (Å²) in [6.45, 7) is 0. The summed E-state index contributed by atoms with van der Waals surface area (Å²) in [6.07, 6.45) is 0. The molecule has 0 radical (unpaired) electrons. The van der Waals surface area contributed by atoms with E-state index in [1.54, 1.807) is 36.6 Å². The molecule has 0 spiro atoms. The Hall–Kier alpha value is -2.52. The molecular formula is C21H16Cl2N4O2S2. The quantitative estimate of drug-likeness (QED) is 0.319. The standard InChI is InChI=1S/C21H16Cl2N4O2S2/c1-29-17-6-4-16(5-7-17)27-20(18-3-2-8-30-18)25-26-21(27)31-12-19(28)24-15-10-13(22)9-14(23)11-15/h2-11H,12H2,1H3,(H,24,28). The molecule has 4 rings (SSSR count). The maximum Gasteiger partial charge on any atom is 0.234 e. The van der Waals surface area contributed by atoms with E-state index >= 15 is 0 Å². The van der Waals surface area contributed by atoms with Gasteiger partial charge in [0.05, 0.1) is 23.4 Å². The zero-order valence-corrected chi connectivity index (χ0v) is 19.4. The first-order valence-electron chi connectivity index (χ1n) is 9.06. The molecule has 1 N–H and O–H groups in total. The lowest BCUT2D eigenvalue weighted by molar-refractivity contribution is -0.113. The van der Waals surface area contributed by atoms with Gasteiger partial charge in [-0.3, -0.25) is 9.36 Å². The third kappa shape index (κ3) is 5.22. The number of ether oxygens (including phenoxy) is 1. The molecule has 0 fully saturated rings. The number of nitrogens with one attached hydrogen (secondary N) is 1. The third-order valence-corrected chi connectivity index (χ3v) is 6.42. The normalized spacial score (nSPS) is 10.8. The molecule has 2 aromatic heterocycles. The Kier molecular flexibility index (Phi) is 6.82. The van der Waals surface area contributed by atoms with Crippen molar-refractivity contribution in [2.45, 2.75) is 5.16 Å². The van der Waals surface area contributed by atoms with Gasteiger partial charge in [0, 0.05) is 15.7 Å². The number of methoxy groups -OCH3 is 1. The van der Waals surface area contributed by atoms with Crippen molar-refractivity contribution in [2.24, 2.45) is 0 Å². The highest BCUT2D eigenvalue weighted by atomic mass is 35.5. The molecule has 0 atom stereocenters. The fourth-order valence-corrected chi connectivity index (χ4v) is 4.82. The molecule has 158 valence electrons. The van der Waals surface area contributed by atoms with Gasteiger partial charge >= 0.3 is 0 Å². The van der Waals surface area contributed by atoms with Crippen molar-refractivity contribution in [3.8, 4) is 22.1 Å². The second kappa shape index (κ2) is 9.74. The summed E-state index contributed by atoms with van der Waals surface area (Å²) in [5, 5.41) is 15.0. The first kappa shape index (κ1) is 21.7. The topological polar surface area (TPSA) is 69.0 Å². The Balaban J connectivity index is 1.57. The molecule has 10 heteroatoms. The smallest absolute Gasteiger partial charge is 0.234 e. The monoisotopic (exact) mass is 490 g/mol. The number of carbonyl (C=O) groups excluding carboxylic acids is 1. The molecule has 0 aliphatic heterocycles. The first-order valence-corrected chi connectivity index (χ1v) is 11.7. The fraction of sp³-hybridized carbons (Fsp3) is 0.0952. The van der Waals surface area contributed by atoms with Crippen LogP contribution in [0.5, 0.6) is 5.75 Å². The van der Waals surface area contributed by atoms with Crippen LogP contribution in [0.15, 0.2) is 65.1 Å². The average Bonchev–Trinajstić information content (AvgIpc) is 3.41. The molecule has 31 heavy (non-hydrogen) atoms. The van der Waals surface area contributed by atoms with E-state index in [-0.39, 0.29) is 11.7 Å². The lowest BCUT2D eigenvalue weighted by Crippen LogP contribution is -2.14. The van der Waals surface area contributed by atoms with E-state index in [1.807, 2.05) is 46.3 Å². The van der Waals surface area contributed by atoms with Crippen molar-refractivity contribution < 1.29 is 9.53 Å². The van der Waals surface area contributed by atoms with Crippen LogP contribution >= 0.6 is 46.3 Å². The molecule has 2 heterocycles. The van der Waals surface area contributed by atoms with E-state index in [0.717, 1.165) is 16.3 Å². The maximum atomic E-state index is 12.5. The largest absolute Gasteiger partial charge is 0.497 e. The van der Waals surface area contributed by atoms with Gasteiger partial charge in [0.25, 0.3) is 0 Å². The summed E-state index contributed by atoms with van der Waals surface area (Å²) in [6, 6.07) is 16.4. The summed E-state index contributed by atoms with van der Waals surface area (Å²) < 4.78 is 7.19. The Labute approximate surface area is 197 Å². The van der Waals surface area contributed by atoms with Crippen molar-refractivity contribution in [3.05, 3.63) is 70.0 Å². The summed E-state index contributed by atoms with van der Waals surface area (Å²) >= 11 is 14.9. The Morgan fingerprint density at radius 1 is 1.13 bits per heavy atom. The van der Waals surface area contributed by atoms with Gasteiger partial charge in [-0.1, -0.05) is 41.0 Å². The fourth-order valence-electron chi connectivity index (χ4n) is 2.85. The van der Waals surface area contributed by atoms with Crippen molar-refractivity contribution in [3.63, 3.8) is 0 Å². The van der Waals surface area contributed by atoms with E-state index in [2.05, 4.69) is 15.5 Å². The number of amides is 1. The molecule has 6 nitrogen and oxygen atoms in total. The van der Waals surface area contributed by atoms with Gasteiger partial charge in [-0.2, -0.15) is 0 Å². The number of thiophene rings is 1. The third-order valence-electron chi connectivity index (χ3n) is 4.18. The molecule has 2 aromatic carbocycles. The zero-order valence-electron chi connectivity index (χ0n) is 16.2. The van der Waals surface area contributed by atoms with Crippen LogP contribution in [-0.2, 0) is 4.79 Å². The van der Waals surface area contributed by atoms with Gasteiger partial charge in [0.1, 0.15) is 5.75 Å². The second-order valence-corrected chi connectivity index (χ2v) is 9.07. The van der Waals surface area contributed by atoms with Crippen molar-refractivity contribution in [1.82, 2.24) is 14.8 Å². The van der Waals surface area contributed by atoms with E-state index in [9.17, 15) is 4.79 Å². The molecule has 0 unspecified atom stereocenters. The average molecular weight is 491 g/mol. The number of carbonyl (C=O) groups is 1. The van der Waals surface area contributed by atoms with Gasteiger partial charge in [-0.05, 0) is 53.9 Å². The van der Waals surface area contributed by atoms with Gasteiger partial charge in [-0.15, -0.1) is 21.5 Å². The highest BCUT2D eigenvalue weighted by Gasteiger charge is 2.18. The number of nitrogens with zero attached hydrogens (tertiary/aromatic N) is 3. The SMILES string of the molecule is COc1ccc(-n2c(SCC(=O)Nc3cc(Cl)cc(Cl)c3)nnc2-c2cccs2)cc1. The molecule has 0 saturated heterocycles. The number of hydrogen-bond acceptors (Lipinski definition) is 6. The van der Waals surface area contributed by atoms with Crippen LogP contribution in [0, 0.1) is 0 Å². The van der Waals surface area contributed by atoms with Gasteiger partial charge in [-0.25, -0.2) is 0 Å². The molecule has 4 aromatic rings. The van der Waals surface area contributed by atoms with E-state index in [0.29, 0.717) is 26.7 Å². The number of halogens is 2. The number of benzene rings is 2. The minimum atomic E-state index is -0.203. The Morgan fingerprint density at radius 3 is 2.52 bits per heavy atom. The van der Waals surface area contributed by atoms with E-state index < -0.39 is 0 Å². The molecule has 0 saturated carbocycles. The summed E-state index contributed by atoms with van der Waals surface area (Å²) in [5.74, 6) is 1.40. The minimum absolute atomic E-state index is 0.142. The Morgan fingerprint density at radius 2 is 1.87 bits per heavy atom. The molecule has 0 aliphatic rings. The predicted octanol–water partition coefficient (Wildman–Crippen LogP) is 6.04. The summed E-state index contributed by atoms with van der Waals surface area (Å²) in [7, 11) is 1.62. The van der Waals surface area contributed by atoms with Crippen LogP contribution in [0.4, 0.5) is 5.69 Å². The Bertz CT molecular complexity index is 1170. The zero-order chi connectivity index (χ0) is 21.8. The van der Waals surface area contributed by atoms with Gasteiger partial charge < -0.3 is 10.1 Å². The van der Waals surface area contributed by atoms with Crippen LogP contribution < -0.4 is 10.1 Å². The van der Waals surface area contributed by atoms with Crippen LogP contribution in [0.3, 0.4) is 0 Å². The van der Waals surface area contributed by atoms with Crippen LogP contribution in [0.2, 0.25) is 10.0 Å². The summed E-state index contributed by atoms with van der Waals surface area (Å²) in [4.78, 5) is 13.5. The molecular weight excluding hydrogens is 475 g/mol. The number of aromatic nitrogens is 3. The predicted molar refractivity (Wildman–Crippen MR) is 127 cm³/mol. The van der Waals surface area contributed by atoms with Crippen molar-refractivity contribution >= 4 is 57.9 Å². The van der Waals surface area contributed by atoms with Crippen molar-refractivity contribution in [2.75, 3.05) is 18.2 Å². The van der Waals surface area contributed by atoms with Crippen LogP contribution in [0.1, 0.15) is 0 Å². The number of anilines is 1. The van der Waals surface area contributed by atoms with Crippen LogP contribution in [-0.4, -0.2) is 33.5 Å². The van der Waals surface area contributed by atoms with Gasteiger partial charge in [0.15, 0.2) is 11.0 Å². The number of thioether (sulfide) groups is 1. The summed E-state index contributed by atoms with van der Waals surface area (Å²) in [5.41, 5.74) is 1.41. The number of hydrogen-bond donors (Lipinski definition) is 1. The lowest BCUT2D eigenvalue weighted by atomic mass is 10.3. The molecule has 0 aliphatic carbocycles. The number of rotatable bonds is 7. The van der Waals surface area contributed by atoms with Crippen LogP contribution in [0.25, 0.3) is 16.4 Å². The highest BCUT2D eigenvalue weighted by molar-refractivity contribution is 7.99.